The van der Waals surface area contributed by atoms with E-state index in [9.17, 15) is 13.5 Å². The van der Waals surface area contributed by atoms with E-state index in [-0.39, 0.29) is 18.1 Å². The third kappa shape index (κ3) is 2.50. The highest BCUT2D eigenvalue weighted by molar-refractivity contribution is 7.91. The summed E-state index contributed by atoms with van der Waals surface area (Å²) in [5, 5.41) is 11.1. The normalized spacial score (nSPS) is 28.2. The summed E-state index contributed by atoms with van der Waals surface area (Å²) in [4.78, 5) is 0. The van der Waals surface area contributed by atoms with E-state index in [4.69, 9.17) is 5.73 Å². The van der Waals surface area contributed by atoms with Gasteiger partial charge in [-0.2, -0.15) is 0 Å². The predicted octanol–water partition coefficient (Wildman–Crippen LogP) is 1.27. The lowest BCUT2D eigenvalue weighted by Crippen LogP contribution is -2.49. The summed E-state index contributed by atoms with van der Waals surface area (Å²) >= 11 is 0. The largest absolute Gasteiger partial charge is 0.385 e. The monoisotopic (exact) mass is 297 g/mol. The molecule has 4 nitrogen and oxygen atoms in total. The molecule has 112 valence electrons. The Hall–Kier alpha value is -0.910. The Morgan fingerprint density at radius 1 is 1.30 bits per heavy atom. The van der Waals surface area contributed by atoms with Gasteiger partial charge in [0.25, 0.3) is 0 Å². The molecular weight excluding hydrogens is 274 g/mol. The maximum Gasteiger partial charge on any atom is 0.151 e. The molecule has 1 aliphatic heterocycles. The van der Waals surface area contributed by atoms with E-state index in [0.717, 1.165) is 16.7 Å². The van der Waals surface area contributed by atoms with Gasteiger partial charge in [-0.25, -0.2) is 8.42 Å². The van der Waals surface area contributed by atoms with Gasteiger partial charge in [0.15, 0.2) is 9.84 Å². The Kier molecular flexibility index (Phi) is 3.73. The Balaban J connectivity index is 2.52. The van der Waals surface area contributed by atoms with Crippen molar-refractivity contribution in [2.24, 2.45) is 11.1 Å². The van der Waals surface area contributed by atoms with Crippen LogP contribution in [0.3, 0.4) is 0 Å². The topological polar surface area (TPSA) is 80.4 Å². The summed E-state index contributed by atoms with van der Waals surface area (Å²) in [5.74, 6) is 0.0572. The highest BCUT2D eigenvalue weighted by Crippen LogP contribution is 2.47. The molecule has 0 radical (unpaired) electrons. The fourth-order valence-electron chi connectivity index (χ4n) is 3.22. The van der Waals surface area contributed by atoms with Crippen LogP contribution in [-0.4, -0.2) is 31.6 Å². The molecule has 5 heteroatoms. The van der Waals surface area contributed by atoms with Crippen LogP contribution in [0.25, 0.3) is 0 Å². The van der Waals surface area contributed by atoms with Gasteiger partial charge in [-0.15, -0.1) is 0 Å². The number of sulfone groups is 1. The number of aliphatic hydroxyl groups is 1. The highest BCUT2D eigenvalue weighted by Gasteiger charge is 2.53. The summed E-state index contributed by atoms with van der Waals surface area (Å²) in [6.07, 6.45) is 0.409. The molecule has 1 heterocycles. The van der Waals surface area contributed by atoms with Gasteiger partial charge >= 0.3 is 0 Å². The van der Waals surface area contributed by atoms with Crippen LogP contribution in [-0.2, 0) is 15.4 Å². The van der Waals surface area contributed by atoms with E-state index < -0.39 is 20.9 Å². The predicted molar refractivity (Wildman–Crippen MR) is 80.2 cm³/mol. The molecule has 1 saturated heterocycles. The Morgan fingerprint density at radius 3 is 2.25 bits per heavy atom. The van der Waals surface area contributed by atoms with Crippen molar-refractivity contribution in [3.63, 3.8) is 0 Å². The van der Waals surface area contributed by atoms with E-state index >= 15 is 0 Å². The second kappa shape index (κ2) is 4.83. The molecule has 3 N–H and O–H groups in total. The summed E-state index contributed by atoms with van der Waals surface area (Å²) in [5.41, 5.74) is 6.66. The Morgan fingerprint density at radius 2 is 1.85 bits per heavy atom. The second-order valence-electron chi connectivity index (χ2n) is 6.28. The standard InChI is InChI=1S/C15H23NO3S/c1-11-6-12(2)8-13(7-11)14(3,17)15(9-16)4-5-20(18,19)10-15/h6-8,17H,4-5,9-10,16H2,1-3H3. The Labute approximate surface area is 120 Å². The maximum atomic E-state index is 11.9. The lowest BCUT2D eigenvalue weighted by Gasteiger charge is -2.42. The number of hydrogen-bond donors (Lipinski definition) is 2. The van der Waals surface area contributed by atoms with E-state index in [0.29, 0.717) is 6.42 Å². The molecule has 1 aromatic rings. The molecule has 0 aliphatic carbocycles. The molecule has 0 aromatic heterocycles. The van der Waals surface area contributed by atoms with Gasteiger partial charge in [0.2, 0.25) is 0 Å². The third-order valence-electron chi connectivity index (χ3n) is 4.60. The number of hydrogen-bond acceptors (Lipinski definition) is 4. The van der Waals surface area contributed by atoms with Gasteiger partial charge in [-0.3, -0.25) is 0 Å². The first kappa shape index (κ1) is 15.5. The van der Waals surface area contributed by atoms with E-state index in [2.05, 4.69) is 0 Å². The fraction of sp³-hybridized carbons (Fsp3) is 0.600. The van der Waals surface area contributed by atoms with Crippen LogP contribution in [0.1, 0.15) is 30.0 Å². The van der Waals surface area contributed by atoms with Crippen LogP contribution in [0.4, 0.5) is 0 Å². The van der Waals surface area contributed by atoms with E-state index in [1.54, 1.807) is 6.92 Å². The van der Waals surface area contributed by atoms with Crippen LogP contribution in [0, 0.1) is 19.3 Å². The third-order valence-corrected chi connectivity index (χ3v) is 6.41. The molecule has 0 saturated carbocycles. The molecule has 0 amide bonds. The average molecular weight is 297 g/mol. The lowest BCUT2D eigenvalue weighted by molar-refractivity contribution is -0.0583. The molecular formula is C15H23NO3S. The molecule has 2 rings (SSSR count). The molecule has 2 unspecified atom stereocenters. The minimum absolute atomic E-state index is 0.0451. The molecule has 0 bridgehead atoms. The van der Waals surface area contributed by atoms with Crippen molar-refractivity contribution in [2.45, 2.75) is 32.8 Å². The van der Waals surface area contributed by atoms with Gasteiger partial charge in [0, 0.05) is 12.0 Å². The molecule has 0 spiro atoms. The van der Waals surface area contributed by atoms with Crippen molar-refractivity contribution in [2.75, 3.05) is 18.1 Å². The lowest BCUT2D eigenvalue weighted by atomic mass is 9.68. The van der Waals surface area contributed by atoms with Crippen molar-refractivity contribution in [1.29, 1.82) is 0 Å². The smallest absolute Gasteiger partial charge is 0.151 e. The van der Waals surface area contributed by atoms with E-state index in [1.165, 1.54) is 0 Å². The molecule has 1 aromatic carbocycles. The molecule has 1 fully saturated rings. The van der Waals surface area contributed by atoms with Crippen molar-refractivity contribution >= 4 is 9.84 Å². The zero-order chi connectivity index (χ0) is 15.2. The van der Waals surface area contributed by atoms with Crippen LogP contribution in [0.2, 0.25) is 0 Å². The van der Waals surface area contributed by atoms with Gasteiger partial charge in [0.1, 0.15) is 0 Å². The molecule has 2 atom stereocenters. The van der Waals surface area contributed by atoms with Gasteiger partial charge in [-0.05, 0) is 32.8 Å². The van der Waals surface area contributed by atoms with Crippen molar-refractivity contribution in [3.8, 4) is 0 Å². The number of benzene rings is 1. The number of rotatable bonds is 3. The summed E-state index contributed by atoms with van der Waals surface area (Å²) in [6.45, 7) is 5.78. The number of aryl methyl sites for hydroxylation is 2. The highest BCUT2D eigenvalue weighted by atomic mass is 32.2. The summed E-state index contributed by atoms with van der Waals surface area (Å²) in [7, 11) is -3.12. The first-order chi connectivity index (χ1) is 9.12. The Bertz CT molecular complexity index is 602. The zero-order valence-electron chi connectivity index (χ0n) is 12.3. The van der Waals surface area contributed by atoms with E-state index in [1.807, 2.05) is 32.0 Å². The SMILES string of the molecule is Cc1cc(C)cc(C(C)(O)C2(CN)CCS(=O)(=O)C2)c1. The number of nitrogens with two attached hydrogens (primary N) is 1. The molecule has 20 heavy (non-hydrogen) atoms. The summed E-state index contributed by atoms with van der Waals surface area (Å²) in [6, 6.07) is 5.85. The van der Waals surface area contributed by atoms with Crippen LogP contribution >= 0.6 is 0 Å². The fourth-order valence-corrected chi connectivity index (χ4v) is 5.45. The quantitative estimate of drug-likeness (QED) is 0.880. The molecule has 1 aliphatic rings. The van der Waals surface area contributed by atoms with Gasteiger partial charge < -0.3 is 10.8 Å². The van der Waals surface area contributed by atoms with Crippen LogP contribution in [0.5, 0.6) is 0 Å². The average Bonchev–Trinajstić information content (AvgIpc) is 2.65. The van der Waals surface area contributed by atoms with Crippen LogP contribution < -0.4 is 5.73 Å². The first-order valence-electron chi connectivity index (χ1n) is 6.84. The minimum Gasteiger partial charge on any atom is -0.385 e. The van der Waals surface area contributed by atoms with Crippen molar-refractivity contribution < 1.29 is 13.5 Å². The summed E-state index contributed by atoms with van der Waals surface area (Å²) < 4.78 is 23.7. The maximum absolute atomic E-state index is 11.9. The van der Waals surface area contributed by atoms with Crippen LogP contribution in [0.15, 0.2) is 18.2 Å². The zero-order valence-corrected chi connectivity index (χ0v) is 13.1. The first-order valence-corrected chi connectivity index (χ1v) is 8.66. The van der Waals surface area contributed by atoms with Gasteiger partial charge in [0.05, 0.1) is 17.1 Å². The van der Waals surface area contributed by atoms with Crippen molar-refractivity contribution in [3.05, 3.63) is 34.9 Å². The minimum atomic E-state index is -3.12. The second-order valence-corrected chi connectivity index (χ2v) is 8.46. The van der Waals surface area contributed by atoms with Gasteiger partial charge in [-0.1, -0.05) is 29.3 Å². The van der Waals surface area contributed by atoms with Crippen molar-refractivity contribution in [1.82, 2.24) is 0 Å².